The molecule has 0 saturated heterocycles. The predicted octanol–water partition coefficient (Wildman–Crippen LogP) is 5.28. The molecule has 0 bridgehead atoms. The maximum atomic E-state index is 12.9. The third kappa shape index (κ3) is 6.80. The second-order valence-electron chi connectivity index (χ2n) is 7.92. The molecule has 0 N–H and O–H groups in total. The average molecular weight is 378 g/mol. The Bertz CT molecular complexity index is 738. The van der Waals surface area contributed by atoms with Gasteiger partial charge in [0.05, 0.1) is 6.61 Å². The third-order valence-electron chi connectivity index (χ3n) is 4.50. The first-order valence-electron chi connectivity index (χ1n) is 9.38. The molecule has 0 spiro atoms. The summed E-state index contributed by atoms with van der Waals surface area (Å²) in [6.07, 6.45) is 2.19. The summed E-state index contributed by atoms with van der Waals surface area (Å²) in [5, 5.41) is 1.05. The summed E-state index contributed by atoms with van der Waals surface area (Å²) in [7, 11) is 0.136. The summed E-state index contributed by atoms with van der Waals surface area (Å²) >= 11 is 0. The van der Waals surface area contributed by atoms with Gasteiger partial charge in [-0.3, -0.25) is 4.79 Å². The molecule has 0 aromatic heterocycles. The van der Waals surface area contributed by atoms with E-state index in [0.717, 1.165) is 47.2 Å². The van der Waals surface area contributed by atoms with Crippen molar-refractivity contribution in [2.75, 3.05) is 6.61 Å². The molecule has 2 rings (SSSR count). The van der Waals surface area contributed by atoms with E-state index in [0.29, 0.717) is 0 Å². The number of ether oxygens (including phenoxy) is 1. The van der Waals surface area contributed by atoms with Crippen molar-refractivity contribution in [2.45, 2.75) is 59.8 Å². The Morgan fingerprint density at radius 1 is 1.04 bits per heavy atom. The van der Waals surface area contributed by atoms with E-state index in [4.69, 9.17) is 4.74 Å². The molecule has 0 radical (unpaired) electrons. The molecule has 0 heterocycles. The minimum atomic E-state index is 0. The van der Waals surface area contributed by atoms with E-state index >= 15 is 0 Å². The first-order valence-corrected chi connectivity index (χ1v) is 10.4. The summed E-state index contributed by atoms with van der Waals surface area (Å²) in [4.78, 5) is 12.9. The second-order valence-corrected chi connectivity index (χ2v) is 9.20. The van der Waals surface area contributed by atoms with Crippen LogP contribution in [0.1, 0.15) is 67.6 Å². The maximum absolute atomic E-state index is 12.9. The molecule has 1 unspecified atom stereocenters. The van der Waals surface area contributed by atoms with Crippen molar-refractivity contribution in [3.63, 3.8) is 0 Å². The van der Waals surface area contributed by atoms with Crippen LogP contribution >= 0.6 is 8.58 Å². The third-order valence-corrected chi connectivity index (χ3v) is 5.60. The van der Waals surface area contributed by atoms with Crippen LogP contribution in [0, 0.1) is 13.8 Å². The van der Waals surface area contributed by atoms with Crippen molar-refractivity contribution in [3.8, 4) is 5.75 Å². The molecule has 27 heavy (non-hydrogen) atoms. The standard InChI is InChI=1S/C23H31O2P.Li.H/c1-7-8-13-25-19-9-11-20(12-10-19)26-22(24)21-16(2)14-18(15-17(21)3)23(4,5)6;;/h9-12,14-15,26H,7-8,13H2,1-6H3;;. The second kappa shape index (κ2) is 10.5. The van der Waals surface area contributed by atoms with Crippen molar-refractivity contribution in [3.05, 3.63) is 58.7 Å². The molecule has 0 saturated carbocycles. The first kappa shape index (κ1) is 24.0. The zero-order valence-corrected chi connectivity index (χ0v) is 17.9. The molecule has 0 aliphatic heterocycles. The number of hydrogen-bond donors (Lipinski definition) is 0. The van der Waals surface area contributed by atoms with Gasteiger partial charge >= 0.3 is 18.9 Å². The SMILES string of the molecule is CCCCOc1ccc(PC(=O)c2c(C)cc(C(C)(C)C)cc2C)cc1.[LiH]. The van der Waals surface area contributed by atoms with Gasteiger partial charge in [0.1, 0.15) is 5.75 Å². The molecule has 2 aromatic rings. The van der Waals surface area contributed by atoms with Gasteiger partial charge in [-0.05, 0) is 68.4 Å². The van der Waals surface area contributed by atoms with Gasteiger partial charge in [0, 0.05) is 5.56 Å². The van der Waals surface area contributed by atoms with Gasteiger partial charge in [0.2, 0.25) is 0 Å². The van der Waals surface area contributed by atoms with E-state index < -0.39 is 0 Å². The molecule has 0 aliphatic rings. The van der Waals surface area contributed by atoms with Crippen LogP contribution in [0.5, 0.6) is 5.75 Å². The Kier molecular flexibility index (Phi) is 9.30. The Morgan fingerprint density at radius 3 is 2.07 bits per heavy atom. The monoisotopic (exact) mass is 378 g/mol. The molecule has 0 aliphatic carbocycles. The van der Waals surface area contributed by atoms with E-state index in [-0.39, 0.29) is 38.4 Å². The normalized spacial score (nSPS) is 11.5. The van der Waals surface area contributed by atoms with E-state index in [2.05, 4.69) is 39.8 Å². The fourth-order valence-corrected chi connectivity index (χ4v) is 4.03. The predicted molar refractivity (Wildman–Crippen MR) is 121 cm³/mol. The molecular formula is C23H32LiO2P. The summed E-state index contributed by atoms with van der Waals surface area (Å²) in [5.74, 6) is 0.876. The Balaban J connectivity index is 0.00000364. The van der Waals surface area contributed by atoms with Gasteiger partial charge in [-0.1, -0.05) is 58.4 Å². The van der Waals surface area contributed by atoms with Crippen molar-refractivity contribution in [2.24, 2.45) is 0 Å². The molecule has 0 amide bonds. The Labute approximate surface area is 178 Å². The fraction of sp³-hybridized carbons (Fsp3) is 0.435. The van der Waals surface area contributed by atoms with Crippen LogP contribution in [0.3, 0.4) is 0 Å². The molecule has 4 heteroatoms. The van der Waals surface area contributed by atoms with Gasteiger partial charge in [-0.15, -0.1) is 0 Å². The van der Waals surface area contributed by atoms with E-state index in [9.17, 15) is 4.79 Å². The van der Waals surface area contributed by atoms with Crippen LogP contribution in [-0.2, 0) is 5.41 Å². The number of hydrogen-bond acceptors (Lipinski definition) is 2. The number of unbranched alkanes of at least 4 members (excludes halogenated alkanes) is 1. The number of benzene rings is 2. The summed E-state index contributed by atoms with van der Waals surface area (Å²) in [6, 6.07) is 12.3. The quantitative estimate of drug-likeness (QED) is 0.372. The van der Waals surface area contributed by atoms with E-state index in [1.165, 1.54) is 5.56 Å². The van der Waals surface area contributed by atoms with Crippen LogP contribution in [-0.4, -0.2) is 31.0 Å². The van der Waals surface area contributed by atoms with Crippen molar-refractivity contribution in [1.29, 1.82) is 0 Å². The molecule has 142 valence electrons. The van der Waals surface area contributed by atoms with Crippen LogP contribution in [0.4, 0.5) is 0 Å². The molecule has 1 atom stereocenters. The van der Waals surface area contributed by atoms with Crippen LogP contribution in [0.15, 0.2) is 36.4 Å². The van der Waals surface area contributed by atoms with E-state index in [1.807, 2.05) is 38.1 Å². The van der Waals surface area contributed by atoms with Crippen molar-refractivity contribution in [1.82, 2.24) is 0 Å². The summed E-state index contributed by atoms with van der Waals surface area (Å²) in [5.41, 5.74) is 4.60. The zero-order chi connectivity index (χ0) is 19.3. The first-order chi connectivity index (χ1) is 12.2. The number of rotatable bonds is 7. The molecular weight excluding hydrogens is 346 g/mol. The molecule has 0 fully saturated rings. The molecule has 2 nitrogen and oxygen atoms in total. The molecule has 2 aromatic carbocycles. The average Bonchev–Trinajstić information content (AvgIpc) is 2.55. The number of aryl methyl sites for hydroxylation is 2. The van der Waals surface area contributed by atoms with Crippen molar-refractivity contribution < 1.29 is 9.53 Å². The van der Waals surface area contributed by atoms with Crippen LogP contribution < -0.4 is 10.0 Å². The van der Waals surface area contributed by atoms with Gasteiger partial charge in [0.25, 0.3) is 0 Å². The van der Waals surface area contributed by atoms with Gasteiger partial charge < -0.3 is 4.74 Å². The van der Waals surface area contributed by atoms with Crippen LogP contribution in [0.25, 0.3) is 0 Å². The van der Waals surface area contributed by atoms with Crippen molar-refractivity contribution >= 4 is 38.3 Å². The Morgan fingerprint density at radius 2 is 1.59 bits per heavy atom. The van der Waals surface area contributed by atoms with E-state index in [1.54, 1.807) is 0 Å². The summed E-state index contributed by atoms with van der Waals surface area (Å²) in [6.45, 7) is 13.6. The summed E-state index contributed by atoms with van der Waals surface area (Å²) < 4.78 is 5.69. The van der Waals surface area contributed by atoms with Gasteiger partial charge in [0.15, 0.2) is 5.52 Å². The number of carbonyl (C=O) groups excluding carboxylic acids is 1. The number of carbonyl (C=O) groups is 1. The van der Waals surface area contributed by atoms with Gasteiger partial charge in [-0.25, -0.2) is 0 Å². The minimum absolute atomic E-state index is 0. The topological polar surface area (TPSA) is 26.3 Å². The van der Waals surface area contributed by atoms with Gasteiger partial charge in [-0.2, -0.15) is 0 Å². The zero-order valence-electron chi connectivity index (χ0n) is 16.9. The fourth-order valence-electron chi connectivity index (χ4n) is 2.92. The Hall–Kier alpha value is -1.06. The van der Waals surface area contributed by atoms with Crippen LogP contribution in [0.2, 0.25) is 0 Å².